The predicted molar refractivity (Wildman–Crippen MR) is 270 cm³/mol. The Balaban J connectivity index is 0.794. The van der Waals surface area contributed by atoms with Crippen molar-refractivity contribution in [3.8, 4) is 10.4 Å². The third-order valence-electron chi connectivity index (χ3n) is 12.3. The van der Waals surface area contributed by atoms with Gasteiger partial charge < -0.3 is 41.7 Å². The average molecular weight is 977 g/mol. The van der Waals surface area contributed by atoms with Crippen molar-refractivity contribution in [2.45, 2.75) is 136 Å². The third kappa shape index (κ3) is 15.9. The largest absolute Gasteiger partial charge is 0.450 e. The van der Waals surface area contributed by atoms with Crippen molar-refractivity contribution in [3.63, 3.8) is 0 Å². The number of para-hydroxylation sites is 2. The number of aryl methyl sites for hydroxylation is 3. The van der Waals surface area contributed by atoms with Crippen LogP contribution in [0.15, 0.2) is 84.5 Å². The number of aliphatic hydroxyl groups excluding tert-OH is 1. The highest BCUT2D eigenvalue weighted by Crippen LogP contribution is 2.29. The van der Waals surface area contributed by atoms with E-state index in [4.69, 9.17) is 10.5 Å². The Kier molecular flexibility index (Phi) is 19.4. The van der Waals surface area contributed by atoms with Crippen molar-refractivity contribution in [2.24, 2.45) is 5.41 Å². The minimum absolute atomic E-state index is 0.0277. The molecule has 70 heavy (non-hydrogen) atoms. The number of ether oxygens (including phenoxy) is 1. The summed E-state index contributed by atoms with van der Waals surface area (Å²) in [4.78, 5) is 72.3. The van der Waals surface area contributed by atoms with Crippen LogP contribution in [0.3, 0.4) is 0 Å². The Bertz CT molecular complexity index is 2500. The zero-order chi connectivity index (χ0) is 50.0. The van der Waals surface area contributed by atoms with Crippen LogP contribution in [0.1, 0.15) is 118 Å². The lowest BCUT2D eigenvalue weighted by Gasteiger charge is -2.35. The highest BCUT2D eigenvalue weighted by atomic mass is 32.1. The Morgan fingerprint density at radius 1 is 0.871 bits per heavy atom. The number of nitrogens with two attached hydrogens (primary N) is 1. The van der Waals surface area contributed by atoms with Crippen LogP contribution in [0.4, 0.5) is 16.2 Å². The van der Waals surface area contributed by atoms with E-state index in [0.29, 0.717) is 42.6 Å². The number of rotatable bonds is 24. The number of thiazole rings is 1. The van der Waals surface area contributed by atoms with Gasteiger partial charge in [0, 0.05) is 50.8 Å². The van der Waals surface area contributed by atoms with Crippen LogP contribution in [0, 0.1) is 12.3 Å². The normalized spacial score (nSPS) is 15.0. The van der Waals surface area contributed by atoms with Crippen molar-refractivity contribution in [2.75, 3.05) is 24.2 Å². The quantitative estimate of drug-likeness (QED) is 0.0264. The number of nitrogen functional groups attached to an aromatic ring is 1. The standard InChI is InChI=1S/C52H68N10O7S/c1-35-46(70-34-56-35)38-23-19-36(20-24-38)30-54-49(66)44-29-41(63)33-62(44)50(67)47(52(2,3)4)58-45(64)18-10-8-6-5-7-9-13-27-61-32-40(59-60-61)15-14-28-69-51(68)55-31-37-21-25-39(26-22-37)48(65)57-43-17-12-11-16-42(43)53/h11-12,16-17,19-26,32,34,41,44,47,63H,5-10,13-15,18,27-31,33,53H2,1-4H3,(H,54,66)(H,55,68)(H,57,65)(H,58,64)/t41-,44+,47-/m1/s1. The molecular formula is C52H68N10O7S. The van der Waals surface area contributed by atoms with Gasteiger partial charge in [0.1, 0.15) is 12.1 Å². The SMILES string of the molecule is Cc1ncsc1-c1ccc(CNC(=O)[C@@H]2C[C@@H](O)CN2C(=O)[C@@H](NC(=O)CCCCCCCCCn2cc(CCCOC(=O)NCc3ccc(C(=O)Nc4ccccc4N)cc3)nn2)C(C)(C)C)cc1. The second-order valence-electron chi connectivity index (χ2n) is 19.0. The smallest absolute Gasteiger partial charge is 0.407 e. The summed E-state index contributed by atoms with van der Waals surface area (Å²) in [6.07, 6.45) is 8.97. The van der Waals surface area contributed by atoms with E-state index in [1.807, 2.05) is 68.3 Å². The Labute approximate surface area is 414 Å². The Morgan fingerprint density at radius 2 is 1.54 bits per heavy atom. The first-order valence-electron chi connectivity index (χ1n) is 24.2. The van der Waals surface area contributed by atoms with Crippen molar-refractivity contribution in [3.05, 3.63) is 113 Å². The number of carbonyl (C=O) groups excluding carboxylic acids is 5. The lowest BCUT2D eigenvalue weighted by molar-refractivity contribution is -0.144. The van der Waals surface area contributed by atoms with Crippen LogP contribution >= 0.6 is 11.3 Å². The van der Waals surface area contributed by atoms with Gasteiger partial charge in [-0.15, -0.1) is 16.4 Å². The molecule has 0 saturated carbocycles. The molecule has 1 aliphatic heterocycles. The molecule has 3 aromatic carbocycles. The summed E-state index contributed by atoms with van der Waals surface area (Å²) in [6.45, 7) is 9.20. The second-order valence-corrected chi connectivity index (χ2v) is 19.8. The summed E-state index contributed by atoms with van der Waals surface area (Å²) >= 11 is 1.58. The van der Waals surface area contributed by atoms with Gasteiger partial charge in [0.25, 0.3) is 5.91 Å². The molecule has 0 radical (unpaired) electrons. The van der Waals surface area contributed by atoms with Gasteiger partial charge in [0.05, 0.1) is 45.9 Å². The summed E-state index contributed by atoms with van der Waals surface area (Å²) in [6, 6.07) is 20.2. The number of alkyl carbamates (subject to hydrolysis) is 1. The number of carbonyl (C=O) groups is 5. The molecule has 374 valence electrons. The van der Waals surface area contributed by atoms with Crippen molar-refractivity contribution >= 4 is 52.4 Å². The van der Waals surface area contributed by atoms with Crippen molar-refractivity contribution in [1.82, 2.24) is 40.8 Å². The number of anilines is 2. The molecule has 1 fully saturated rings. The van der Waals surface area contributed by atoms with E-state index in [1.54, 1.807) is 59.9 Å². The van der Waals surface area contributed by atoms with Gasteiger partial charge in [0.2, 0.25) is 17.7 Å². The zero-order valence-corrected chi connectivity index (χ0v) is 41.6. The van der Waals surface area contributed by atoms with Crippen LogP contribution in [0.2, 0.25) is 0 Å². The number of β-amino-alcohol motifs (C(OH)–C–C–N with tert-alkyl or cyclic N) is 1. The first kappa shape index (κ1) is 52.7. The number of aliphatic hydroxyl groups is 1. The first-order valence-corrected chi connectivity index (χ1v) is 25.1. The number of hydrogen-bond acceptors (Lipinski definition) is 12. The second kappa shape index (κ2) is 25.8. The molecule has 0 spiro atoms. The molecule has 0 unspecified atom stereocenters. The molecule has 0 bridgehead atoms. The van der Waals surface area contributed by atoms with Crippen LogP contribution in [0.5, 0.6) is 0 Å². The number of hydrogen-bond donors (Lipinski definition) is 6. The van der Waals surface area contributed by atoms with Gasteiger partial charge in [-0.2, -0.15) is 0 Å². The molecule has 1 saturated heterocycles. The van der Waals surface area contributed by atoms with E-state index in [2.05, 4.69) is 36.6 Å². The summed E-state index contributed by atoms with van der Waals surface area (Å²) in [5.41, 5.74) is 13.2. The molecule has 5 amide bonds. The molecule has 17 nitrogen and oxygen atoms in total. The fourth-order valence-corrected chi connectivity index (χ4v) is 9.05. The lowest BCUT2D eigenvalue weighted by atomic mass is 9.85. The first-order chi connectivity index (χ1) is 33.6. The monoisotopic (exact) mass is 976 g/mol. The van der Waals surface area contributed by atoms with Crippen molar-refractivity contribution < 1.29 is 33.8 Å². The number of likely N-dealkylation sites (tertiary alicyclic amines) is 1. The number of aromatic nitrogens is 4. The Hall–Kier alpha value is -6.66. The maximum Gasteiger partial charge on any atom is 0.407 e. The summed E-state index contributed by atoms with van der Waals surface area (Å²) in [5.74, 6) is -1.18. The van der Waals surface area contributed by atoms with E-state index in [0.717, 1.165) is 78.0 Å². The molecule has 0 aliphatic carbocycles. The minimum Gasteiger partial charge on any atom is -0.450 e. The summed E-state index contributed by atoms with van der Waals surface area (Å²) in [7, 11) is 0. The van der Waals surface area contributed by atoms with Crippen LogP contribution in [-0.4, -0.2) is 91.0 Å². The number of benzene rings is 3. The van der Waals surface area contributed by atoms with Gasteiger partial charge in [-0.25, -0.2) is 9.78 Å². The fourth-order valence-electron chi connectivity index (χ4n) is 8.24. The van der Waals surface area contributed by atoms with E-state index in [-0.39, 0.29) is 56.3 Å². The number of nitrogens with one attached hydrogen (secondary N) is 4. The van der Waals surface area contributed by atoms with Crippen LogP contribution in [0.25, 0.3) is 10.4 Å². The van der Waals surface area contributed by atoms with Gasteiger partial charge >= 0.3 is 6.09 Å². The third-order valence-corrected chi connectivity index (χ3v) is 13.2. The highest BCUT2D eigenvalue weighted by molar-refractivity contribution is 7.13. The number of unbranched alkanes of at least 4 members (excludes halogenated alkanes) is 6. The molecule has 6 rings (SSSR count). The van der Waals surface area contributed by atoms with Gasteiger partial charge in [-0.3, -0.25) is 23.9 Å². The zero-order valence-electron chi connectivity index (χ0n) is 40.7. The lowest BCUT2D eigenvalue weighted by Crippen LogP contribution is -2.57. The summed E-state index contributed by atoms with van der Waals surface area (Å²) < 4.78 is 7.17. The Morgan fingerprint density at radius 3 is 2.23 bits per heavy atom. The number of nitrogens with zero attached hydrogens (tertiary/aromatic N) is 5. The van der Waals surface area contributed by atoms with Gasteiger partial charge in [0.15, 0.2) is 0 Å². The van der Waals surface area contributed by atoms with E-state index >= 15 is 0 Å². The van der Waals surface area contributed by atoms with Gasteiger partial charge in [-0.05, 0) is 79.0 Å². The van der Waals surface area contributed by atoms with E-state index < -0.39 is 29.7 Å². The highest BCUT2D eigenvalue weighted by Gasteiger charge is 2.44. The maximum atomic E-state index is 14.0. The van der Waals surface area contributed by atoms with Crippen LogP contribution < -0.4 is 27.0 Å². The molecule has 7 N–H and O–H groups in total. The molecule has 2 aromatic heterocycles. The topological polar surface area (TPSA) is 236 Å². The fraction of sp³-hybridized carbons (Fsp3) is 0.462. The molecule has 3 atom stereocenters. The summed E-state index contributed by atoms with van der Waals surface area (Å²) in [5, 5.41) is 30.5. The minimum atomic E-state index is -0.856. The average Bonchev–Trinajstić information content (AvgIpc) is 4.10. The van der Waals surface area contributed by atoms with Crippen LogP contribution in [-0.2, 0) is 45.2 Å². The number of amides is 5. The molecule has 1 aliphatic rings. The van der Waals surface area contributed by atoms with E-state index in [1.165, 1.54) is 4.90 Å². The van der Waals surface area contributed by atoms with Crippen molar-refractivity contribution in [1.29, 1.82) is 0 Å². The van der Waals surface area contributed by atoms with Gasteiger partial charge in [-0.1, -0.05) is 107 Å². The molecular weight excluding hydrogens is 909 g/mol. The maximum absolute atomic E-state index is 14.0. The van der Waals surface area contributed by atoms with E-state index in [9.17, 15) is 29.1 Å². The molecule has 5 aromatic rings. The molecule has 3 heterocycles. The predicted octanol–water partition coefficient (Wildman–Crippen LogP) is 7.33. The molecule has 18 heteroatoms.